The van der Waals surface area contributed by atoms with Gasteiger partial charge in [0.15, 0.2) is 16.8 Å². The lowest BCUT2D eigenvalue weighted by atomic mass is 10.1. The number of halogens is 1. The molecule has 9 nitrogen and oxygen atoms in total. The van der Waals surface area contributed by atoms with E-state index < -0.39 is 22.3 Å². The van der Waals surface area contributed by atoms with Crippen molar-refractivity contribution in [2.45, 2.75) is 49.1 Å². The third-order valence-corrected chi connectivity index (χ3v) is 7.46. The second-order valence-corrected chi connectivity index (χ2v) is 9.90. The monoisotopic (exact) mass is 488 g/mol. The van der Waals surface area contributed by atoms with Crippen LogP contribution in [0, 0.1) is 0 Å². The lowest BCUT2D eigenvalue weighted by molar-refractivity contribution is 0.0992. The topological polar surface area (TPSA) is 118 Å². The average Bonchev–Trinajstić information content (AvgIpc) is 3.46. The maximum Gasteiger partial charge on any atom is 0.332 e. The van der Waals surface area contributed by atoms with Crippen LogP contribution in [0.15, 0.2) is 39.0 Å². The van der Waals surface area contributed by atoms with Gasteiger partial charge in [-0.1, -0.05) is 48.3 Å². The van der Waals surface area contributed by atoms with Crippen LogP contribution in [0.25, 0.3) is 11.4 Å². The predicted molar refractivity (Wildman–Crippen MR) is 129 cm³/mol. The average molecular weight is 489 g/mol. The third-order valence-electron chi connectivity index (χ3n) is 6.08. The highest BCUT2D eigenvalue weighted by atomic mass is 35.5. The number of thioether (sulfide) groups is 1. The number of aromatic nitrogens is 5. The summed E-state index contributed by atoms with van der Waals surface area (Å²) in [5.74, 6) is 0.0516. The highest BCUT2D eigenvalue weighted by Gasteiger charge is 2.30. The summed E-state index contributed by atoms with van der Waals surface area (Å²) in [6, 6.07) is 7.66. The number of ketones is 1. The normalized spacial score (nSPS) is 15.2. The highest BCUT2D eigenvalue weighted by molar-refractivity contribution is 8.00. The molecule has 0 spiro atoms. The van der Waals surface area contributed by atoms with E-state index in [-0.39, 0.29) is 17.4 Å². The molecular weight excluding hydrogens is 464 g/mol. The van der Waals surface area contributed by atoms with Gasteiger partial charge < -0.3 is 5.73 Å². The van der Waals surface area contributed by atoms with E-state index in [1.54, 1.807) is 6.92 Å². The molecule has 2 aromatic heterocycles. The van der Waals surface area contributed by atoms with Crippen LogP contribution in [0.2, 0.25) is 5.02 Å². The number of nitrogen functional groups attached to an aromatic ring is 1. The summed E-state index contributed by atoms with van der Waals surface area (Å²) in [6.07, 6.45) is 4.18. The molecule has 2 heterocycles. The van der Waals surface area contributed by atoms with Crippen molar-refractivity contribution in [1.29, 1.82) is 0 Å². The summed E-state index contributed by atoms with van der Waals surface area (Å²) in [5.41, 5.74) is 5.28. The van der Waals surface area contributed by atoms with Crippen molar-refractivity contribution in [1.82, 2.24) is 23.9 Å². The van der Waals surface area contributed by atoms with Crippen molar-refractivity contribution in [3.63, 3.8) is 0 Å². The molecule has 0 radical (unpaired) electrons. The quantitative estimate of drug-likeness (QED) is 0.418. The number of carbonyl (C=O) groups excluding carboxylic acids is 1. The minimum Gasteiger partial charge on any atom is -0.384 e. The van der Waals surface area contributed by atoms with E-state index in [2.05, 4.69) is 14.8 Å². The summed E-state index contributed by atoms with van der Waals surface area (Å²) in [6.45, 7) is 1.69. The van der Waals surface area contributed by atoms with E-state index >= 15 is 0 Å². The van der Waals surface area contributed by atoms with E-state index in [4.69, 9.17) is 17.3 Å². The first-order chi connectivity index (χ1) is 15.7. The van der Waals surface area contributed by atoms with E-state index in [1.165, 1.54) is 25.9 Å². The molecule has 0 aliphatic heterocycles. The van der Waals surface area contributed by atoms with Crippen LogP contribution in [0.1, 0.15) is 49.0 Å². The molecule has 174 valence electrons. The molecule has 1 aromatic carbocycles. The van der Waals surface area contributed by atoms with Gasteiger partial charge in [-0.2, -0.15) is 0 Å². The van der Waals surface area contributed by atoms with Crippen LogP contribution < -0.4 is 17.0 Å². The smallest absolute Gasteiger partial charge is 0.332 e. The van der Waals surface area contributed by atoms with Crippen LogP contribution in [0.5, 0.6) is 0 Å². The number of hydrogen-bond acceptors (Lipinski definition) is 7. The zero-order valence-electron chi connectivity index (χ0n) is 18.6. The second kappa shape index (κ2) is 9.18. The largest absolute Gasteiger partial charge is 0.384 e. The molecule has 1 aliphatic carbocycles. The fourth-order valence-corrected chi connectivity index (χ4v) is 5.38. The molecule has 0 amide bonds. The third kappa shape index (κ3) is 4.13. The van der Waals surface area contributed by atoms with E-state index in [1.807, 2.05) is 24.3 Å². The lowest BCUT2D eigenvalue weighted by Gasteiger charge is -2.19. The first kappa shape index (κ1) is 23.3. The van der Waals surface area contributed by atoms with E-state index in [0.717, 1.165) is 40.4 Å². The van der Waals surface area contributed by atoms with Gasteiger partial charge in [0.1, 0.15) is 11.4 Å². The Hall–Kier alpha value is -2.85. The maximum absolute atomic E-state index is 13.3. The maximum atomic E-state index is 13.3. The summed E-state index contributed by atoms with van der Waals surface area (Å²) in [4.78, 5) is 38.0. The predicted octanol–water partition coefficient (Wildman–Crippen LogP) is 3.06. The van der Waals surface area contributed by atoms with Gasteiger partial charge in [0, 0.05) is 25.7 Å². The number of Topliss-reactive ketones (excluding diaryl/α,β-unsaturated/α-hetero) is 1. The van der Waals surface area contributed by atoms with Gasteiger partial charge in [-0.3, -0.25) is 23.3 Å². The van der Waals surface area contributed by atoms with Crippen molar-refractivity contribution in [2.24, 2.45) is 14.1 Å². The Bertz CT molecular complexity index is 1340. The van der Waals surface area contributed by atoms with Crippen molar-refractivity contribution in [3.8, 4) is 11.4 Å². The lowest BCUT2D eigenvalue weighted by Crippen LogP contribution is -2.42. The zero-order valence-corrected chi connectivity index (χ0v) is 20.2. The van der Waals surface area contributed by atoms with Crippen molar-refractivity contribution >= 4 is 35.0 Å². The van der Waals surface area contributed by atoms with Crippen LogP contribution in [-0.2, 0) is 14.1 Å². The highest BCUT2D eigenvalue weighted by Crippen LogP contribution is 2.39. The van der Waals surface area contributed by atoms with Crippen LogP contribution in [0.4, 0.5) is 5.82 Å². The summed E-state index contributed by atoms with van der Waals surface area (Å²) >= 11 is 7.66. The Balaban J connectivity index is 1.73. The number of carbonyl (C=O) groups is 1. The molecule has 1 atom stereocenters. The standard InChI is InChI=1S/C22H25ClN6O3S/c1-12(17(30)16-18(24)27(2)22(32)28(3)20(16)31)33-21-26-25-19(14-10-6-7-11-15(14)23)29(21)13-8-4-5-9-13/h6-7,10-13H,4-5,8-9,24H2,1-3H3. The van der Waals surface area contributed by atoms with Gasteiger partial charge in [-0.05, 0) is 31.9 Å². The molecular formula is C22H25ClN6O3S. The minimum atomic E-state index is -0.706. The molecule has 4 rings (SSSR count). The van der Waals surface area contributed by atoms with Gasteiger partial charge >= 0.3 is 5.69 Å². The zero-order chi connectivity index (χ0) is 23.9. The molecule has 1 saturated carbocycles. The Morgan fingerprint density at radius 2 is 1.82 bits per heavy atom. The number of nitrogens with zero attached hydrogens (tertiary/aromatic N) is 5. The Morgan fingerprint density at radius 3 is 2.48 bits per heavy atom. The van der Waals surface area contributed by atoms with Crippen molar-refractivity contribution < 1.29 is 4.79 Å². The molecule has 1 unspecified atom stereocenters. The number of hydrogen-bond donors (Lipinski definition) is 1. The SMILES string of the molecule is CC(Sc1nnc(-c2ccccc2Cl)n1C1CCCC1)C(=O)c1c(N)n(C)c(=O)n(C)c1=O. The molecule has 0 saturated heterocycles. The van der Waals surface area contributed by atoms with Gasteiger partial charge in [0.2, 0.25) is 0 Å². The van der Waals surface area contributed by atoms with Crippen LogP contribution in [0.3, 0.4) is 0 Å². The number of benzene rings is 1. The minimum absolute atomic E-state index is 0.144. The molecule has 33 heavy (non-hydrogen) atoms. The van der Waals surface area contributed by atoms with Gasteiger partial charge in [-0.15, -0.1) is 10.2 Å². The molecule has 11 heteroatoms. The first-order valence-corrected chi connectivity index (χ1v) is 11.9. The summed E-state index contributed by atoms with van der Waals surface area (Å²) in [5, 5.41) is 9.27. The number of rotatable bonds is 6. The fourth-order valence-electron chi connectivity index (χ4n) is 4.18. The Morgan fingerprint density at radius 1 is 1.15 bits per heavy atom. The van der Waals surface area contributed by atoms with Crippen LogP contribution in [-0.4, -0.2) is 34.9 Å². The Kier molecular flexibility index (Phi) is 6.49. The fraction of sp³-hybridized carbons (Fsp3) is 0.409. The summed E-state index contributed by atoms with van der Waals surface area (Å²) < 4.78 is 4.05. The molecule has 2 N–H and O–H groups in total. The van der Waals surface area contributed by atoms with Gasteiger partial charge in [0.05, 0.1) is 10.3 Å². The molecule has 1 aliphatic rings. The van der Waals surface area contributed by atoms with E-state index in [0.29, 0.717) is 16.0 Å². The van der Waals surface area contributed by atoms with Gasteiger partial charge in [0.25, 0.3) is 5.56 Å². The Labute approximate surface area is 199 Å². The number of nitrogens with two attached hydrogens (primary N) is 1. The van der Waals surface area contributed by atoms with Crippen molar-refractivity contribution in [2.75, 3.05) is 5.73 Å². The van der Waals surface area contributed by atoms with Crippen LogP contribution >= 0.6 is 23.4 Å². The van der Waals surface area contributed by atoms with Crippen molar-refractivity contribution in [3.05, 3.63) is 55.7 Å². The van der Waals surface area contributed by atoms with E-state index in [9.17, 15) is 14.4 Å². The van der Waals surface area contributed by atoms with Gasteiger partial charge in [-0.25, -0.2) is 4.79 Å². The molecule has 3 aromatic rings. The molecule has 1 fully saturated rings. The molecule has 0 bridgehead atoms. The summed E-state index contributed by atoms with van der Waals surface area (Å²) in [7, 11) is 2.75. The first-order valence-electron chi connectivity index (χ1n) is 10.7. The second-order valence-electron chi connectivity index (χ2n) is 8.18. The number of anilines is 1.